The maximum absolute atomic E-state index is 12.8. The Kier molecular flexibility index (Phi) is 4.35. The van der Waals surface area contributed by atoms with E-state index in [0.717, 1.165) is 17.3 Å². The van der Waals surface area contributed by atoms with Crippen LogP contribution in [0.15, 0.2) is 35.0 Å². The van der Waals surface area contributed by atoms with Gasteiger partial charge in [0.15, 0.2) is 0 Å². The molecule has 0 amide bonds. The van der Waals surface area contributed by atoms with Crippen molar-refractivity contribution in [3.63, 3.8) is 0 Å². The van der Waals surface area contributed by atoms with E-state index in [4.69, 9.17) is 5.73 Å². The van der Waals surface area contributed by atoms with Gasteiger partial charge in [0.1, 0.15) is 0 Å². The number of alkyl halides is 3. The van der Waals surface area contributed by atoms with Crippen molar-refractivity contribution in [1.29, 1.82) is 0 Å². The number of benzene rings is 1. The number of halogens is 3. The molecule has 2 rings (SSSR count). The largest absolute Gasteiger partial charge is 0.416 e. The van der Waals surface area contributed by atoms with Crippen LogP contribution in [0.3, 0.4) is 0 Å². The zero-order valence-electron chi connectivity index (χ0n) is 10.9. The Hall–Kier alpha value is -1.53. The van der Waals surface area contributed by atoms with Crippen LogP contribution >= 0.6 is 11.3 Å². The lowest BCUT2D eigenvalue weighted by atomic mass is 10.1. The Balaban J connectivity index is 2.25. The fourth-order valence-corrected chi connectivity index (χ4v) is 2.67. The van der Waals surface area contributed by atoms with Crippen molar-refractivity contribution in [2.75, 3.05) is 11.9 Å². The number of rotatable bonds is 4. The van der Waals surface area contributed by atoms with Crippen molar-refractivity contribution in [3.8, 4) is 0 Å². The minimum absolute atomic E-state index is 0.118. The lowest BCUT2D eigenvalue weighted by Gasteiger charge is -2.21. The third-order valence-electron chi connectivity index (χ3n) is 3.05. The molecule has 2 N–H and O–H groups in total. The second-order valence-electron chi connectivity index (χ2n) is 4.53. The molecule has 0 spiro atoms. The molecule has 0 unspecified atom stereocenters. The second kappa shape index (κ2) is 5.85. The summed E-state index contributed by atoms with van der Waals surface area (Å²) in [6.07, 6.45) is -4.36. The highest BCUT2D eigenvalue weighted by molar-refractivity contribution is 7.07. The lowest BCUT2D eigenvalue weighted by Crippen LogP contribution is -2.18. The molecule has 2 aromatic rings. The molecular weight excluding hydrogens is 285 g/mol. The van der Waals surface area contributed by atoms with Gasteiger partial charge in [-0.3, -0.25) is 0 Å². The van der Waals surface area contributed by atoms with Gasteiger partial charge in [-0.2, -0.15) is 24.5 Å². The summed E-state index contributed by atoms with van der Waals surface area (Å²) >= 11 is 1.59. The van der Waals surface area contributed by atoms with Crippen LogP contribution in [0.1, 0.15) is 16.7 Å². The maximum Gasteiger partial charge on any atom is 0.416 e. The molecule has 108 valence electrons. The number of nitrogens with zero attached hydrogens (tertiary/aromatic N) is 1. The zero-order chi connectivity index (χ0) is 14.8. The van der Waals surface area contributed by atoms with E-state index in [0.29, 0.717) is 6.54 Å². The van der Waals surface area contributed by atoms with Gasteiger partial charge in [-0.1, -0.05) is 0 Å². The van der Waals surface area contributed by atoms with Crippen molar-refractivity contribution in [2.24, 2.45) is 5.73 Å². The summed E-state index contributed by atoms with van der Waals surface area (Å²) in [5, 5.41) is 3.99. The van der Waals surface area contributed by atoms with Gasteiger partial charge in [0, 0.05) is 25.8 Å². The van der Waals surface area contributed by atoms with Crippen LogP contribution in [-0.4, -0.2) is 7.05 Å². The highest BCUT2D eigenvalue weighted by atomic mass is 32.1. The van der Waals surface area contributed by atoms with E-state index in [-0.39, 0.29) is 12.1 Å². The van der Waals surface area contributed by atoms with Crippen LogP contribution < -0.4 is 10.6 Å². The van der Waals surface area contributed by atoms with Crippen LogP contribution in [-0.2, 0) is 19.3 Å². The lowest BCUT2D eigenvalue weighted by molar-refractivity contribution is -0.138. The van der Waals surface area contributed by atoms with Crippen molar-refractivity contribution in [1.82, 2.24) is 0 Å². The molecule has 1 heterocycles. The Morgan fingerprint density at radius 2 is 2.00 bits per heavy atom. The zero-order valence-corrected chi connectivity index (χ0v) is 11.8. The van der Waals surface area contributed by atoms with E-state index in [2.05, 4.69) is 0 Å². The minimum atomic E-state index is -4.36. The van der Waals surface area contributed by atoms with Crippen LogP contribution in [0.4, 0.5) is 18.9 Å². The monoisotopic (exact) mass is 300 g/mol. The molecule has 6 heteroatoms. The average Bonchev–Trinajstić information content (AvgIpc) is 2.89. The molecule has 0 saturated carbocycles. The van der Waals surface area contributed by atoms with Gasteiger partial charge in [0.05, 0.1) is 5.56 Å². The highest BCUT2D eigenvalue weighted by Crippen LogP contribution is 2.34. The van der Waals surface area contributed by atoms with Gasteiger partial charge < -0.3 is 10.6 Å². The normalized spacial score (nSPS) is 11.7. The molecular formula is C14H15F3N2S. The van der Waals surface area contributed by atoms with E-state index < -0.39 is 11.7 Å². The first kappa shape index (κ1) is 14.9. The predicted octanol–water partition coefficient (Wildman–Crippen LogP) is 3.86. The molecule has 0 aliphatic heterocycles. The van der Waals surface area contributed by atoms with E-state index in [1.54, 1.807) is 11.3 Å². The Morgan fingerprint density at radius 1 is 1.25 bits per heavy atom. The summed E-state index contributed by atoms with van der Waals surface area (Å²) in [4.78, 5) is 1.90. The first-order valence-electron chi connectivity index (χ1n) is 6.04. The standard InChI is InChI=1S/C14H15F3N2S/c1-19(8-10-4-5-20-9-10)12-2-3-13(14(15,16)17)11(6-12)7-18/h2-6,9H,7-8,18H2,1H3. The summed E-state index contributed by atoms with van der Waals surface area (Å²) in [5.41, 5.74) is 6.75. The highest BCUT2D eigenvalue weighted by Gasteiger charge is 2.33. The Bertz CT molecular complexity index is 564. The Labute approximate surface area is 119 Å². The van der Waals surface area contributed by atoms with Crippen LogP contribution in [0.5, 0.6) is 0 Å². The van der Waals surface area contributed by atoms with Crippen molar-refractivity contribution < 1.29 is 13.2 Å². The van der Waals surface area contributed by atoms with Crippen molar-refractivity contribution in [2.45, 2.75) is 19.3 Å². The first-order chi connectivity index (χ1) is 9.41. The fraction of sp³-hybridized carbons (Fsp3) is 0.286. The predicted molar refractivity (Wildman–Crippen MR) is 75.8 cm³/mol. The summed E-state index contributed by atoms with van der Waals surface area (Å²) in [6, 6.07) is 6.08. The van der Waals surface area contributed by atoms with E-state index in [1.165, 1.54) is 12.1 Å². The minimum Gasteiger partial charge on any atom is -0.370 e. The molecule has 0 radical (unpaired) electrons. The number of anilines is 1. The van der Waals surface area contributed by atoms with Crippen LogP contribution in [0, 0.1) is 0 Å². The average molecular weight is 300 g/mol. The molecule has 1 aromatic heterocycles. The summed E-state index contributed by atoms with van der Waals surface area (Å²) < 4.78 is 38.4. The van der Waals surface area contributed by atoms with Gasteiger partial charge in [-0.15, -0.1) is 0 Å². The number of hydrogen-bond acceptors (Lipinski definition) is 3. The first-order valence-corrected chi connectivity index (χ1v) is 6.98. The molecule has 0 bridgehead atoms. The fourth-order valence-electron chi connectivity index (χ4n) is 2.01. The van der Waals surface area contributed by atoms with E-state index >= 15 is 0 Å². The summed E-state index contributed by atoms with van der Waals surface area (Å²) in [6.45, 7) is 0.522. The molecule has 20 heavy (non-hydrogen) atoms. The third kappa shape index (κ3) is 3.32. The topological polar surface area (TPSA) is 29.3 Å². The molecule has 1 aromatic carbocycles. The van der Waals surface area contributed by atoms with Crippen LogP contribution in [0.2, 0.25) is 0 Å². The molecule has 2 nitrogen and oxygen atoms in total. The van der Waals surface area contributed by atoms with Gasteiger partial charge in [-0.05, 0) is 46.2 Å². The molecule has 0 fully saturated rings. The summed E-state index contributed by atoms with van der Waals surface area (Å²) in [7, 11) is 1.85. The van der Waals surface area contributed by atoms with Gasteiger partial charge >= 0.3 is 6.18 Å². The van der Waals surface area contributed by atoms with Gasteiger partial charge in [0.25, 0.3) is 0 Å². The van der Waals surface area contributed by atoms with Crippen LogP contribution in [0.25, 0.3) is 0 Å². The number of hydrogen-bond donors (Lipinski definition) is 1. The van der Waals surface area contributed by atoms with Crippen molar-refractivity contribution in [3.05, 3.63) is 51.7 Å². The Morgan fingerprint density at radius 3 is 2.55 bits per heavy atom. The van der Waals surface area contributed by atoms with Gasteiger partial charge in [-0.25, -0.2) is 0 Å². The second-order valence-corrected chi connectivity index (χ2v) is 5.31. The SMILES string of the molecule is CN(Cc1ccsc1)c1ccc(C(F)(F)F)c(CN)c1. The van der Waals surface area contributed by atoms with Crippen molar-refractivity contribution >= 4 is 17.0 Å². The number of thiophene rings is 1. The molecule has 0 aliphatic carbocycles. The molecule has 0 saturated heterocycles. The van der Waals surface area contributed by atoms with E-state index in [9.17, 15) is 13.2 Å². The quantitative estimate of drug-likeness (QED) is 0.929. The smallest absolute Gasteiger partial charge is 0.370 e. The molecule has 0 atom stereocenters. The maximum atomic E-state index is 12.8. The number of nitrogens with two attached hydrogens (primary N) is 1. The molecule has 0 aliphatic rings. The summed E-state index contributed by atoms with van der Waals surface area (Å²) in [5.74, 6) is 0. The third-order valence-corrected chi connectivity index (χ3v) is 3.79. The van der Waals surface area contributed by atoms with E-state index in [1.807, 2.05) is 28.8 Å². The van der Waals surface area contributed by atoms with Gasteiger partial charge in [0.2, 0.25) is 0 Å².